The molecule has 5 heteroatoms. The van der Waals surface area contributed by atoms with Crippen molar-refractivity contribution in [2.24, 2.45) is 0 Å². The molecule has 0 fully saturated rings. The highest BCUT2D eigenvalue weighted by molar-refractivity contribution is 5.83. The highest BCUT2D eigenvalue weighted by Gasteiger charge is 2.33. The van der Waals surface area contributed by atoms with Gasteiger partial charge in [0.05, 0.1) is 5.56 Å². The van der Waals surface area contributed by atoms with E-state index < -0.39 is 17.3 Å². The number of H-pyrrole nitrogens is 1. The SMILES string of the molecule is CCC(CC)c1ccc2[nH]c(=O)cc(C(F)(F)F)c2c1. The summed E-state index contributed by atoms with van der Waals surface area (Å²) in [7, 11) is 0. The summed E-state index contributed by atoms with van der Waals surface area (Å²) < 4.78 is 39.1. The number of pyridine rings is 1. The lowest BCUT2D eigenvalue weighted by molar-refractivity contribution is -0.136. The summed E-state index contributed by atoms with van der Waals surface area (Å²) >= 11 is 0. The standard InChI is InChI=1S/C15H16F3NO/c1-3-9(4-2)10-5-6-13-11(7-10)12(15(16,17)18)8-14(20)19-13/h5-9H,3-4H2,1-2H3,(H,19,20). The van der Waals surface area contributed by atoms with Gasteiger partial charge >= 0.3 is 6.18 Å². The summed E-state index contributed by atoms with van der Waals surface area (Å²) in [6.07, 6.45) is -2.79. The molecule has 0 amide bonds. The molecular weight excluding hydrogens is 267 g/mol. The predicted molar refractivity (Wildman–Crippen MR) is 72.9 cm³/mol. The molecule has 0 saturated heterocycles. The van der Waals surface area contributed by atoms with Crippen LogP contribution in [0.3, 0.4) is 0 Å². The van der Waals surface area contributed by atoms with Gasteiger partial charge in [0.2, 0.25) is 5.56 Å². The largest absolute Gasteiger partial charge is 0.417 e. The molecule has 1 aromatic carbocycles. The zero-order valence-corrected chi connectivity index (χ0v) is 11.3. The molecule has 2 rings (SSSR count). The number of hydrogen-bond donors (Lipinski definition) is 1. The van der Waals surface area contributed by atoms with Crippen LogP contribution in [0.4, 0.5) is 13.2 Å². The number of aromatic amines is 1. The van der Waals surface area contributed by atoms with Crippen LogP contribution in [0.5, 0.6) is 0 Å². The van der Waals surface area contributed by atoms with E-state index in [1.807, 2.05) is 13.8 Å². The second-order valence-corrected chi connectivity index (χ2v) is 4.86. The van der Waals surface area contributed by atoms with Crippen molar-refractivity contribution in [3.63, 3.8) is 0 Å². The van der Waals surface area contributed by atoms with Gasteiger partial charge < -0.3 is 4.98 Å². The molecule has 0 aliphatic carbocycles. The minimum Gasteiger partial charge on any atom is -0.322 e. The maximum atomic E-state index is 13.0. The second-order valence-electron chi connectivity index (χ2n) is 4.86. The molecule has 0 aliphatic heterocycles. The van der Waals surface area contributed by atoms with Crippen molar-refractivity contribution in [1.29, 1.82) is 0 Å². The molecule has 1 heterocycles. The van der Waals surface area contributed by atoms with Gasteiger partial charge in [0, 0.05) is 17.0 Å². The van der Waals surface area contributed by atoms with Gasteiger partial charge in [-0.15, -0.1) is 0 Å². The summed E-state index contributed by atoms with van der Waals surface area (Å²) in [5, 5.41) is 0.0569. The monoisotopic (exact) mass is 283 g/mol. The predicted octanol–water partition coefficient (Wildman–Crippen LogP) is 4.45. The van der Waals surface area contributed by atoms with Gasteiger partial charge in [0.15, 0.2) is 0 Å². The lowest BCUT2D eigenvalue weighted by Gasteiger charge is -2.15. The maximum absolute atomic E-state index is 13.0. The average Bonchev–Trinajstić information content (AvgIpc) is 2.38. The van der Waals surface area contributed by atoms with E-state index in [-0.39, 0.29) is 16.8 Å². The zero-order valence-electron chi connectivity index (χ0n) is 11.3. The number of benzene rings is 1. The first-order chi connectivity index (χ1) is 9.36. The van der Waals surface area contributed by atoms with Gasteiger partial charge in [-0.25, -0.2) is 0 Å². The van der Waals surface area contributed by atoms with Gasteiger partial charge in [-0.1, -0.05) is 19.9 Å². The number of fused-ring (bicyclic) bond motifs is 1. The Kier molecular flexibility index (Phi) is 3.88. The molecule has 20 heavy (non-hydrogen) atoms. The third kappa shape index (κ3) is 2.71. The fourth-order valence-electron chi connectivity index (χ4n) is 2.52. The van der Waals surface area contributed by atoms with Gasteiger partial charge in [-0.05, 0) is 36.5 Å². The number of hydrogen-bond acceptors (Lipinski definition) is 1. The molecule has 1 N–H and O–H groups in total. The highest BCUT2D eigenvalue weighted by Crippen LogP contribution is 2.35. The summed E-state index contributed by atoms with van der Waals surface area (Å²) in [6, 6.07) is 5.51. The molecule has 108 valence electrons. The number of alkyl halides is 3. The van der Waals surface area contributed by atoms with Crippen LogP contribution in [0.2, 0.25) is 0 Å². The van der Waals surface area contributed by atoms with Gasteiger partial charge in [-0.2, -0.15) is 13.2 Å². The molecule has 2 aromatic rings. The van der Waals surface area contributed by atoms with E-state index in [1.165, 1.54) is 0 Å². The highest BCUT2D eigenvalue weighted by atomic mass is 19.4. The Labute approximate surface area is 114 Å². The van der Waals surface area contributed by atoms with E-state index >= 15 is 0 Å². The molecular formula is C15H16F3NO. The van der Waals surface area contributed by atoms with Crippen molar-refractivity contribution in [2.75, 3.05) is 0 Å². The first-order valence-electron chi connectivity index (χ1n) is 6.61. The zero-order chi connectivity index (χ0) is 14.9. The van der Waals surface area contributed by atoms with Crippen molar-refractivity contribution in [3.05, 3.63) is 45.7 Å². The van der Waals surface area contributed by atoms with Crippen LogP contribution in [0, 0.1) is 0 Å². The molecule has 0 aliphatic rings. The second kappa shape index (κ2) is 5.31. The number of aromatic nitrogens is 1. The molecule has 2 nitrogen and oxygen atoms in total. The van der Waals surface area contributed by atoms with E-state index in [0.29, 0.717) is 6.07 Å². The third-order valence-corrected chi connectivity index (χ3v) is 3.63. The van der Waals surface area contributed by atoms with Crippen LogP contribution < -0.4 is 5.56 Å². The first kappa shape index (κ1) is 14.6. The Bertz CT molecular complexity index is 669. The van der Waals surface area contributed by atoms with Crippen LogP contribution in [-0.2, 0) is 6.18 Å². The number of nitrogens with one attached hydrogen (secondary N) is 1. The Balaban J connectivity index is 2.72. The van der Waals surface area contributed by atoms with E-state index in [9.17, 15) is 18.0 Å². The molecule has 0 spiro atoms. The molecule has 0 bridgehead atoms. The average molecular weight is 283 g/mol. The Morgan fingerprint density at radius 1 is 1.15 bits per heavy atom. The van der Waals surface area contributed by atoms with Crippen molar-refractivity contribution >= 4 is 10.9 Å². The van der Waals surface area contributed by atoms with Crippen LogP contribution in [0.1, 0.15) is 43.7 Å². The molecule has 0 atom stereocenters. The lowest BCUT2D eigenvalue weighted by atomic mass is 9.92. The van der Waals surface area contributed by atoms with Crippen molar-refractivity contribution < 1.29 is 13.2 Å². The summed E-state index contributed by atoms with van der Waals surface area (Å²) in [5.41, 5.74) is -0.510. The Morgan fingerprint density at radius 3 is 2.35 bits per heavy atom. The van der Waals surface area contributed by atoms with E-state index in [0.717, 1.165) is 18.4 Å². The summed E-state index contributed by atoms with van der Waals surface area (Å²) in [5.74, 6) is 0.229. The first-order valence-corrected chi connectivity index (χ1v) is 6.61. The summed E-state index contributed by atoms with van der Waals surface area (Å²) in [6.45, 7) is 4.02. The van der Waals surface area contributed by atoms with E-state index in [4.69, 9.17) is 0 Å². The lowest BCUT2D eigenvalue weighted by Crippen LogP contribution is -2.14. The van der Waals surface area contributed by atoms with Crippen LogP contribution in [0.25, 0.3) is 10.9 Å². The quantitative estimate of drug-likeness (QED) is 0.886. The Hall–Kier alpha value is -1.78. The van der Waals surface area contributed by atoms with Crippen molar-refractivity contribution in [1.82, 2.24) is 4.98 Å². The molecule has 0 saturated carbocycles. The minimum atomic E-state index is -4.53. The number of rotatable bonds is 3. The normalized spacial score (nSPS) is 12.3. The molecule has 1 aromatic heterocycles. The van der Waals surface area contributed by atoms with Crippen LogP contribution in [-0.4, -0.2) is 4.98 Å². The molecule has 0 unspecified atom stereocenters. The van der Waals surface area contributed by atoms with Crippen molar-refractivity contribution in [2.45, 2.75) is 38.8 Å². The van der Waals surface area contributed by atoms with Gasteiger partial charge in [-0.3, -0.25) is 4.79 Å². The van der Waals surface area contributed by atoms with Crippen LogP contribution in [0.15, 0.2) is 29.1 Å². The topological polar surface area (TPSA) is 32.9 Å². The van der Waals surface area contributed by atoms with Gasteiger partial charge in [0.1, 0.15) is 0 Å². The Morgan fingerprint density at radius 2 is 1.80 bits per heavy atom. The van der Waals surface area contributed by atoms with Crippen LogP contribution >= 0.6 is 0 Å². The van der Waals surface area contributed by atoms with E-state index in [2.05, 4.69) is 4.98 Å². The fraction of sp³-hybridized carbons (Fsp3) is 0.400. The maximum Gasteiger partial charge on any atom is 0.417 e. The minimum absolute atomic E-state index is 0.0569. The third-order valence-electron chi connectivity index (χ3n) is 3.63. The molecule has 0 radical (unpaired) electrons. The summed E-state index contributed by atoms with van der Waals surface area (Å²) in [4.78, 5) is 13.8. The number of halogens is 3. The fourth-order valence-corrected chi connectivity index (χ4v) is 2.52. The van der Waals surface area contributed by atoms with Crippen molar-refractivity contribution in [3.8, 4) is 0 Å². The smallest absolute Gasteiger partial charge is 0.322 e. The van der Waals surface area contributed by atoms with E-state index in [1.54, 1.807) is 18.2 Å². The van der Waals surface area contributed by atoms with Gasteiger partial charge in [0.25, 0.3) is 0 Å².